The fourth-order valence-corrected chi connectivity index (χ4v) is 2.56. The quantitative estimate of drug-likeness (QED) is 0.878. The minimum atomic E-state index is 0.325. The lowest BCUT2D eigenvalue weighted by atomic mass is 10.1. The summed E-state index contributed by atoms with van der Waals surface area (Å²) in [6.07, 6.45) is 0. The first kappa shape index (κ1) is 15.7. The van der Waals surface area contributed by atoms with Gasteiger partial charge in [0, 0.05) is 18.6 Å². The summed E-state index contributed by atoms with van der Waals surface area (Å²) < 4.78 is 0. The molecular formula is C15H17ClN4S. The molecule has 0 aliphatic rings. The second-order valence-corrected chi connectivity index (χ2v) is 5.77. The van der Waals surface area contributed by atoms with Crippen LogP contribution in [0, 0.1) is 13.8 Å². The minimum absolute atomic E-state index is 0.325. The SMILES string of the molecule is Cc1nnc(N(C)Cc2ccccc2Cl)c(C(N)=S)c1C. The van der Waals surface area contributed by atoms with E-state index in [4.69, 9.17) is 29.6 Å². The Morgan fingerprint density at radius 2 is 1.95 bits per heavy atom. The monoisotopic (exact) mass is 320 g/mol. The standard InChI is InChI=1S/C15H17ClN4S/c1-9-10(2)18-19-15(13(9)14(17)21)20(3)8-11-6-4-5-7-12(11)16/h4-7H,8H2,1-3H3,(H2,17,21). The van der Waals surface area contributed by atoms with Crippen LogP contribution in [0.4, 0.5) is 5.82 Å². The smallest absolute Gasteiger partial charge is 0.161 e. The van der Waals surface area contributed by atoms with Crippen molar-refractivity contribution in [2.45, 2.75) is 20.4 Å². The zero-order chi connectivity index (χ0) is 15.6. The van der Waals surface area contributed by atoms with Crippen LogP contribution in [-0.4, -0.2) is 22.2 Å². The summed E-state index contributed by atoms with van der Waals surface area (Å²) in [7, 11) is 1.92. The van der Waals surface area contributed by atoms with Crippen molar-refractivity contribution in [3.8, 4) is 0 Å². The second kappa shape index (κ2) is 6.37. The molecule has 0 aliphatic carbocycles. The molecule has 0 saturated carbocycles. The molecule has 0 aliphatic heterocycles. The normalized spacial score (nSPS) is 10.5. The number of nitrogens with two attached hydrogens (primary N) is 1. The van der Waals surface area contributed by atoms with Gasteiger partial charge in [-0.3, -0.25) is 0 Å². The van der Waals surface area contributed by atoms with Crippen molar-refractivity contribution < 1.29 is 0 Å². The molecule has 110 valence electrons. The van der Waals surface area contributed by atoms with E-state index in [1.807, 2.05) is 50.1 Å². The van der Waals surface area contributed by atoms with Crippen LogP contribution in [0.1, 0.15) is 22.4 Å². The van der Waals surface area contributed by atoms with E-state index in [0.29, 0.717) is 17.4 Å². The van der Waals surface area contributed by atoms with Gasteiger partial charge in [-0.05, 0) is 31.0 Å². The van der Waals surface area contributed by atoms with Crippen molar-refractivity contribution in [3.05, 3.63) is 51.7 Å². The Balaban J connectivity index is 2.40. The third-order valence-corrected chi connectivity index (χ3v) is 3.98. The summed E-state index contributed by atoms with van der Waals surface area (Å²) in [5, 5.41) is 9.14. The molecule has 21 heavy (non-hydrogen) atoms. The summed E-state index contributed by atoms with van der Waals surface area (Å²) in [5.41, 5.74) is 9.42. The average Bonchev–Trinajstić information content (AvgIpc) is 2.43. The molecule has 1 heterocycles. The highest BCUT2D eigenvalue weighted by molar-refractivity contribution is 7.80. The lowest BCUT2D eigenvalue weighted by molar-refractivity contribution is 0.848. The first-order valence-electron chi connectivity index (χ1n) is 6.50. The maximum atomic E-state index is 6.20. The van der Waals surface area contributed by atoms with Crippen molar-refractivity contribution in [2.75, 3.05) is 11.9 Å². The maximum Gasteiger partial charge on any atom is 0.161 e. The van der Waals surface area contributed by atoms with E-state index < -0.39 is 0 Å². The second-order valence-electron chi connectivity index (χ2n) is 4.92. The third kappa shape index (κ3) is 3.31. The molecule has 6 heteroatoms. The lowest BCUT2D eigenvalue weighted by Crippen LogP contribution is -2.25. The predicted octanol–water partition coefficient (Wildman–Crippen LogP) is 3.02. The van der Waals surface area contributed by atoms with Gasteiger partial charge in [0.05, 0.1) is 11.3 Å². The Bertz CT molecular complexity index is 687. The molecular weight excluding hydrogens is 304 g/mol. The molecule has 2 N–H and O–H groups in total. The summed E-state index contributed by atoms with van der Waals surface area (Å²) in [6.45, 7) is 4.44. The van der Waals surface area contributed by atoms with E-state index in [-0.39, 0.29) is 0 Å². The van der Waals surface area contributed by atoms with Crippen molar-refractivity contribution in [1.29, 1.82) is 0 Å². The van der Waals surface area contributed by atoms with Gasteiger partial charge < -0.3 is 10.6 Å². The summed E-state index contributed by atoms with van der Waals surface area (Å²) in [6, 6.07) is 7.71. The topological polar surface area (TPSA) is 55.0 Å². The Labute approximate surface area is 134 Å². The van der Waals surface area contributed by atoms with Gasteiger partial charge in [0.2, 0.25) is 0 Å². The summed E-state index contributed by atoms with van der Waals surface area (Å²) in [5.74, 6) is 0.672. The van der Waals surface area contributed by atoms with E-state index >= 15 is 0 Å². The molecule has 1 aromatic heterocycles. The Morgan fingerprint density at radius 3 is 2.57 bits per heavy atom. The third-order valence-electron chi connectivity index (χ3n) is 3.41. The fraction of sp³-hybridized carbons (Fsp3) is 0.267. The molecule has 0 fully saturated rings. The molecule has 2 rings (SSSR count). The zero-order valence-corrected chi connectivity index (χ0v) is 13.8. The number of nitrogens with zero attached hydrogens (tertiary/aromatic N) is 3. The van der Waals surface area contributed by atoms with Gasteiger partial charge >= 0.3 is 0 Å². The van der Waals surface area contributed by atoms with Crippen molar-refractivity contribution >= 4 is 34.6 Å². The van der Waals surface area contributed by atoms with Gasteiger partial charge in [0.1, 0.15) is 4.99 Å². The number of halogens is 1. The summed E-state index contributed by atoms with van der Waals surface area (Å²) >= 11 is 11.4. The number of hydrogen-bond acceptors (Lipinski definition) is 4. The summed E-state index contributed by atoms with van der Waals surface area (Å²) in [4.78, 5) is 2.28. The molecule has 0 unspecified atom stereocenters. The van der Waals surface area contributed by atoms with E-state index in [1.165, 1.54) is 0 Å². The minimum Gasteiger partial charge on any atom is -0.389 e. The Kier molecular flexibility index (Phi) is 4.75. The highest BCUT2D eigenvalue weighted by Crippen LogP contribution is 2.24. The van der Waals surface area contributed by atoms with E-state index in [1.54, 1.807) is 0 Å². The van der Waals surface area contributed by atoms with Crippen LogP contribution in [0.25, 0.3) is 0 Å². The molecule has 1 aromatic carbocycles. The van der Waals surface area contributed by atoms with Gasteiger partial charge in [-0.2, -0.15) is 5.10 Å². The van der Waals surface area contributed by atoms with Crippen LogP contribution < -0.4 is 10.6 Å². The van der Waals surface area contributed by atoms with Gasteiger partial charge in [-0.25, -0.2) is 0 Å². The molecule has 2 aromatic rings. The van der Waals surface area contributed by atoms with Crippen molar-refractivity contribution in [3.63, 3.8) is 0 Å². The van der Waals surface area contributed by atoms with Gasteiger partial charge in [-0.15, -0.1) is 5.10 Å². The van der Waals surface area contributed by atoms with Crippen molar-refractivity contribution in [1.82, 2.24) is 10.2 Å². The fourth-order valence-electron chi connectivity index (χ4n) is 2.12. The first-order valence-corrected chi connectivity index (χ1v) is 7.28. The average molecular weight is 321 g/mol. The molecule has 0 bridgehead atoms. The van der Waals surface area contributed by atoms with E-state index in [0.717, 1.165) is 27.4 Å². The number of hydrogen-bond donors (Lipinski definition) is 1. The largest absolute Gasteiger partial charge is 0.389 e. The number of thiocarbonyl (C=S) groups is 1. The number of benzene rings is 1. The first-order chi connectivity index (χ1) is 9.91. The van der Waals surface area contributed by atoms with Crippen molar-refractivity contribution in [2.24, 2.45) is 5.73 Å². The van der Waals surface area contributed by atoms with Gasteiger partial charge in [0.25, 0.3) is 0 Å². The number of rotatable bonds is 4. The molecule has 0 amide bonds. The Morgan fingerprint density at radius 1 is 1.29 bits per heavy atom. The number of aryl methyl sites for hydroxylation is 1. The molecule has 0 saturated heterocycles. The van der Waals surface area contributed by atoms with Crippen LogP contribution in [0.15, 0.2) is 24.3 Å². The zero-order valence-electron chi connectivity index (χ0n) is 12.2. The van der Waals surface area contributed by atoms with E-state index in [2.05, 4.69) is 10.2 Å². The van der Waals surface area contributed by atoms with Crippen LogP contribution >= 0.6 is 23.8 Å². The highest BCUT2D eigenvalue weighted by atomic mass is 35.5. The maximum absolute atomic E-state index is 6.20. The van der Waals surface area contributed by atoms with Gasteiger partial charge in [0.15, 0.2) is 5.82 Å². The molecule has 0 atom stereocenters. The predicted molar refractivity (Wildman–Crippen MR) is 91.0 cm³/mol. The number of aromatic nitrogens is 2. The van der Waals surface area contributed by atoms with E-state index in [9.17, 15) is 0 Å². The molecule has 0 radical (unpaired) electrons. The van der Waals surface area contributed by atoms with Gasteiger partial charge in [-0.1, -0.05) is 42.0 Å². The molecule has 0 spiro atoms. The molecule has 4 nitrogen and oxygen atoms in total. The van der Waals surface area contributed by atoms with Crippen LogP contribution in [0.2, 0.25) is 5.02 Å². The number of anilines is 1. The lowest BCUT2D eigenvalue weighted by Gasteiger charge is -2.22. The van der Waals surface area contributed by atoms with Crippen LogP contribution in [0.5, 0.6) is 0 Å². The van der Waals surface area contributed by atoms with Crippen LogP contribution in [0.3, 0.4) is 0 Å². The Hall–Kier alpha value is -1.72. The van der Waals surface area contributed by atoms with Crippen LogP contribution in [-0.2, 0) is 6.54 Å². The highest BCUT2D eigenvalue weighted by Gasteiger charge is 2.17.